The zero-order valence-electron chi connectivity index (χ0n) is 8.85. The van der Waals surface area contributed by atoms with E-state index in [-0.39, 0.29) is 12.0 Å². The molecule has 0 aliphatic heterocycles. The summed E-state index contributed by atoms with van der Waals surface area (Å²) in [5.74, 6) is 0.0653. The molecule has 0 radical (unpaired) electrons. The van der Waals surface area contributed by atoms with E-state index in [0.29, 0.717) is 0 Å². The predicted molar refractivity (Wildman–Crippen MR) is 60.8 cm³/mol. The largest absolute Gasteiger partial charge is 0.368 e. The molecule has 15 heavy (non-hydrogen) atoms. The topological polar surface area (TPSA) is 70.6 Å². The minimum absolute atomic E-state index is 0.0653. The number of rotatable bonds is 4. The van der Waals surface area contributed by atoms with E-state index in [2.05, 4.69) is 17.1 Å². The molecule has 82 valence electrons. The number of hydrogen-bond acceptors (Lipinski definition) is 2. The maximum absolute atomic E-state index is 8.46. The Morgan fingerprint density at radius 1 is 1.47 bits per heavy atom. The summed E-state index contributed by atoms with van der Waals surface area (Å²) in [6.45, 7) is 1.97. The molecule has 1 rings (SSSR count). The molecule has 4 heteroatoms. The zero-order chi connectivity index (χ0) is 11.1. The summed E-state index contributed by atoms with van der Waals surface area (Å²) in [5, 5.41) is 8.46. The molecule has 0 aliphatic rings. The van der Waals surface area contributed by atoms with Gasteiger partial charge in [0.05, 0.1) is 6.04 Å². The minimum Gasteiger partial charge on any atom is -0.368 e. The van der Waals surface area contributed by atoms with Gasteiger partial charge in [0.25, 0.3) is 0 Å². The van der Waals surface area contributed by atoms with Crippen LogP contribution in [0.15, 0.2) is 35.3 Å². The first-order chi connectivity index (χ1) is 7.22. The maximum atomic E-state index is 8.46. The number of guanidine groups is 1. The highest BCUT2D eigenvalue weighted by Gasteiger charge is 2.01. The summed E-state index contributed by atoms with van der Waals surface area (Å²) in [6, 6.07) is 10.3. The number of nitrogens with two attached hydrogens (primary N) is 1. The second-order valence-corrected chi connectivity index (χ2v) is 3.50. The average molecular weight is 207 g/mol. The lowest BCUT2D eigenvalue weighted by Crippen LogP contribution is -2.29. The van der Waals surface area contributed by atoms with Crippen LogP contribution in [0.2, 0.25) is 0 Å². The molecule has 0 heterocycles. The molecule has 0 fully saturated rings. The Morgan fingerprint density at radius 2 is 2.13 bits per heavy atom. The van der Waals surface area contributed by atoms with E-state index >= 15 is 0 Å². The summed E-state index contributed by atoms with van der Waals surface area (Å²) in [7, 11) is 0. The Balaban J connectivity index is 2.38. The molecular formula is C11H17N3O. The molecular weight excluding hydrogens is 190 g/mol. The Morgan fingerprint density at radius 3 is 2.73 bits per heavy atom. The summed E-state index contributed by atoms with van der Waals surface area (Å²) in [6.07, 6.45) is 1.87. The van der Waals surface area contributed by atoms with Gasteiger partial charge in [-0.2, -0.15) is 0 Å². The van der Waals surface area contributed by atoms with Crippen LogP contribution in [0.4, 0.5) is 0 Å². The van der Waals surface area contributed by atoms with Gasteiger partial charge in [0.1, 0.15) is 0 Å². The average Bonchev–Trinajstić information content (AvgIpc) is 2.27. The zero-order valence-corrected chi connectivity index (χ0v) is 8.85. The van der Waals surface area contributed by atoms with Gasteiger partial charge in [-0.1, -0.05) is 30.3 Å². The van der Waals surface area contributed by atoms with Gasteiger partial charge in [-0.25, -0.2) is 10.5 Å². The van der Waals surface area contributed by atoms with Crippen molar-refractivity contribution in [2.24, 2.45) is 10.7 Å². The van der Waals surface area contributed by atoms with Gasteiger partial charge < -0.3 is 5.73 Å². The number of hydroxylamine groups is 1. The summed E-state index contributed by atoms with van der Waals surface area (Å²) in [4.78, 5) is 4.04. The molecule has 0 aromatic heterocycles. The Labute approximate surface area is 89.8 Å². The molecule has 0 aliphatic carbocycles. The lowest BCUT2D eigenvalue weighted by molar-refractivity contribution is 0.232. The number of aryl methyl sites for hydroxylation is 1. The van der Waals surface area contributed by atoms with Gasteiger partial charge in [-0.15, -0.1) is 0 Å². The number of aliphatic imine (C=N–C) groups is 1. The first-order valence-corrected chi connectivity index (χ1v) is 4.99. The molecule has 1 aromatic rings. The maximum Gasteiger partial charge on any atom is 0.213 e. The Hall–Kier alpha value is -1.55. The van der Waals surface area contributed by atoms with Crippen LogP contribution in [0.1, 0.15) is 18.9 Å². The molecule has 1 aromatic carbocycles. The normalized spacial score (nSPS) is 13.6. The van der Waals surface area contributed by atoms with Gasteiger partial charge in [-0.3, -0.25) is 5.21 Å². The van der Waals surface area contributed by atoms with Gasteiger partial charge >= 0.3 is 0 Å². The van der Waals surface area contributed by atoms with Crippen molar-refractivity contribution in [1.82, 2.24) is 5.48 Å². The van der Waals surface area contributed by atoms with Crippen LogP contribution < -0.4 is 11.2 Å². The second kappa shape index (κ2) is 6.03. The third-order valence-corrected chi connectivity index (χ3v) is 2.17. The van der Waals surface area contributed by atoms with Gasteiger partial charge in [-0.05, 0) is 25.3 Å². The number of nitrogens with one attached hydrogen (secondary N) is 1. The number of hydrogen-bond donors (Lipinski definition) is 3. The van der Waals surface area contributed by atoms with Crippen molar-refractivity contribution >= 4 is 5.96 Å². The van der Waals surface area contributed by atoms with Crippen molar-refractivity contribution < 1.29 is 5.21 Å². The second-order valence-electron chi connectivity index (χ2n) is 3.50. The summed E-state index contributed by atoms with van der Waals surface area (Å²) < 4.78 is 0. The van der Waals surface area contributed by atoms with Crippen LogP contribution in [0, 0.1) is 0 Å². The lowest BCUT2D eigenvalue weighted by atomic mass is 10.1. The Kier molecular flexibility index (Phi) is 4.63. The smallest absolute Gasteiger partial charge is 0.213 e. The van der Waals surface area contributed by atoms with E-state index in [4.69, 9.17) is 10.9 Å². The fraction of sp³-hybridized carbons (Fsp3) is 0.364. The van der Waals surface area contributed by atoms with Gasteiger partial charge in [0.15, 0.2) is 0 Å². The fourth-order valence-electron chi connectivity index (χ4n) is 1.35. The molecule has 0 amide bonds. The van der Waals surface area contributed by atoms with Crippen LogP contribution in [0.5, 0.6) is 0 Å². The molecule has 0 saturated heterocycles. The lowest BCUT2D eigenvalue weighted by Gasteiger charge is -2.07. The molecule has 0 spiro atoms. The molecule has 4 N–H and O–H groups in total. The van der Waals surface area contributed by atoms with Crippen LogP contribution in [0.3, 0.4) is 0 Å². The van der Waals surface area contributed by atoms with E-state index in [1.165, 1.54) is 5.56 Å². The van der Waals surface area contributed by atoms with Crippen molar-refractivity contribution in [3.63, 3.8) is 0 Å². The quantitative estimate of drug-likeness (QED) is 0.396. The van der Waals surface area contributed by atoms with Crippen LogP contribution >= 0.6 is 0 Å². The summed E-state index contributed by atoms with van der Waals surface area (Å²) >= 11 is 0. The van der Waals surface area contributed by atoms with E-state index in [0.717, 1.165) is 12.8 Å². The number of benzene rings is 1. The predicted octanol–water partition coefficient (Wildman–Crippen LogP) is 1.30. The van der Waals surface area contributed by atoms with Crippen molar-refractivity contribution in [3.8, 4) is 0 Å². The molecule has 0 saturated carbocycles. The van der Waals surface area contributed by atoms with E-state index in [9.17, 15) is 0 Å². The highest BCUT2D eigenvalue weighted by atomic mass is 16.5. The van der Waals surface area contributed by atoms with Gasteiger partial charge in [0.2, 0.25) is 5.96 Å². The van der Waals surface area contributed by atoms with Crippen molar-refractivity contribution in [2.45, 2.75) is 25.8 Å². The molecule has 0 bridgehead atoms. The van der Waals surface area contributed by atoms with E-state index in [1.54, 1.807) is 0 Å². The molecule has 1 unspecified atom stereocenters. The monoisotopic (exact) mass is 207 g/mol. The van der Waals surface area contributed by atoms with Gasteiger partial charge in [0, 0.05) is 0 Å². The first kappa shape index (κ1) is 11.5. The van der Waals surface area contributed by atoms with E-state index in [1.807, 2.05) is 30.6 Å². The third-order valence-electron chi connectivity index (χ3n) is 2.17. The highest BCUT2D eigenvalue weighted by Crippen LogP contribution is 2.06. The van der Waals surface area contributed by atoms with Crippen LogP contribution in [0.25, 0.3) is 0 Å². The van der Waals surface area contributed by atoms with E-state index < -0.39 is 0 Å². The highest BCUT2D eigenvalue weighted by molar-refractivity contribution is 5.76. The van der Waals surface area contributed by atoms with Crippen molar-refractivity contribution in [1.29, 1.82) is 0 Å². The summed E-state index contributed by atoms with van der Waals surface area (Å²) in [5.41, 5.74) is 8.44. The SMILES string of the molecule is CC(CCc1ccccc1)N=C(N)NO. The Bertz CT molecular complexity index is 311. The molecule has 1 atom stereocenters. The van der Waals surface area contributed by atoms with Crippen molar-refractivity contribution in [2.75, 3.05) is 0 Å². The van der Waals surface area contributed by atoms with Crippen LogP contribution in [-0.4, -0.2) is 17.2 Å². The van der Waals surface area contributed by atoms with Crippen LogP contribution in [-0.2, 0) is 6.42 Å². The minimum atomic E-state index is 0.0653. The standard InChI is InChI=1S/C11H17N3O/c1-9(13-11(12)14-15)7-8-10-5-3-2-4-6-10/h2-6,9,15H,7-8H2,1H3,(H3,12,13,14). The fourth-order valence-corrected chi connectivity index (χ4v) is 1.35. The third kappa shape index (κ3) is 4.46. The van der Waals surface area contributed by atoms with Crippen molar-refractivity contribution in [3.05, 3.63) is 35.9 Å². The molecule has 4 nitrogen and oxygen atoms in total. The number of nitrogens with zero attached hydrogens (tertiary/aromatic N) is 1. The first-order valence-electron chi connectivity index (χ1n) is 4.99.